The van der Waals surface area contributed by atoms with Crippen molar-refractivity contribution in [3.63, 3.8) is 0 Å². The van der Waals surface area contributed by atoms with Gasteiger partial charge in [-0.3, -0.25) is 4.79 Å². The second-order valence-electron chi connectivity index (χ2n) is 5.13. The first kappa shape index (κ1) is 13.4. The van der Waals surface area contributed by atoms with Gasteiger partial charge in [0.1, 0.15) is 5.76 Å². The van der Waals surface area contributed by atoms with Crippen LogP contribution in [0, 0.1) is 0 Å². The first-order chi connectivity index (χ1) is 10.2. The molecule has 0 aliphatic heterocycles. The molecule has 2 aromatic heterocycles. The maximum Gasteiger partial charge on any atom is 0.251 e. The fourth-order valence-electron chi connectivity index (χ4n) is 2.27. The molecule has 2 heterocycles. The third-order valence-corrected chi connectivity index (χ3v) is 3.46. The Morgan fingerprint density at radius 3 is 3.14 bits per heavy atom. The minimum Gasteiger partial charge on any atom is -0.469 e. The Morgan fingerprint density at radius 1 is 1.43 bits per heavy atom. The summed E-state index contributed by atoms with van der Waals surface area (Å²) in [7, 11) is 0. The summed E-state index contributed by atoms with van der Waals surface area (Å²) in [6, 6.07) is 9.35. The molecule has 0 aliphatic rings. The minimum absolute atomic E-state index is 0.0709. The van der Waals surface area contributed by atoms with Gasteiger partial charge in [0.05, 0.1) is 23.6 Å². The Kier molecular flexibility index (Phi) is 3.73. The molecule has 0 aliphatic carbocycles. The van der Waals surface area contributed by atoms with Crippen LogP contribution in [0.15, 0.2) is 47.3 Å². The van der Waals surface area contributed by atoms with E-state index in [4.69, 9.17) is 4.42 Å². The average Bonchev–Trinajstić information content (AvgIpc) is 3.15. The lowest BCUT2D eigenvalue weighted by Gasteiger charge is -2.13. The summed E-state index contributed by atoms with van der Waals surface area (Å²) in [5.74, 6) is 0.869. The molecule has 21 heavy (non-hydrogen) atoms. The number of carbonyl (C=O) groups excluding carboxylic acids is 1. The molecular formula is C16H17N3O2. The summed E-state index contributed by atoms with van der Waals surface area (Å²) >= 11 is 0. The molecule has 1 atom stereocenters. The Morgan fingerprint density at radius 2 is 2.33 bits per heavy atom. The van der Waals surface area contributed by atoms with Crippen LogP contribution in [0.1, 0.15) is 29.5 Å². The standard InChI is InChI=1S/C16H17N3O2/c1-11(4-6-13-3-2-8-21-13)19-16(20)12-5-7-14-15(9-12)18-10-17-14/h2-3,5,7-11H,4,6H2,1H3,(H,17,18)(H,19,20)/t11-/m0/s1. The fourth-order valence-corrected chi connectivity index (χ4v) is 2.27. The zero-order chi connectivity index (χ0) is 14.7. The molecule has 0 radical (unpaired) electrons. The summed E-state index contributed by atoms with van der Waals surface area (Å²) in [5.41, 5.74) is 2.36. The van der Waals surface area contributed by atoms with Gasteiger partial charge in [0.15, 0.2) is 0 Å². The van der Waals surface area contributed by atoms with Crippen molar-refractivity contribution in [2.45, 2.75) is 25.8 Å². The van der Waals surface area contributed by atoms with Gasteiger partial charge in [0, 0.05) is 18.0 Å². The maximum absolute atomic E-state index is 12.2. The van der Waals surface area contributed by atoms with Gasteiger partial charge >= 0.3 is 0 Å². The minimum atomic E-state index is -0.0709. The smallest absolute Gasteiger partial charge is 0.251 e. The number of hydrogen-bond donors (Lipinski definition) is 2. The van der Waals surface area contributed by atoms with E-state index in [1.165, 1.54) is 0 Å². The molecule has 3 rings (SSSR count). The van der Waals surface area contributed by atoms with Crippen LogP contribution in [0.25, 0.3) is 11.0 Å². The van der Waals surface area contributed by atoms with Crippen molar-refractivity contribution in [3.05, 3.63) is 54.2 Å². The Bertz CT molecular complexity index is 731. The quantitative estimate of drug-likeness (QED) is 0.756. The molecule has 5 heteroatoms. The van der Waals surface area contributed by atoms with Gasteiger partial charge < -0.3 is 14.7 Å². The van der Waals surface area contributed by atoms with Crippen molar-refractivity contribution in [3.8, 4) is 0 Å². The molecule has 5 nitrogen and oxygen atoms in total. The highest BCUT2D eigenvalue weighted by molar-refractivity contribution is 5.97. The Hall–Kier alpha value is -2.56. The van der Waals surface area contributed by atoms with Crippen molar-refractivity contribution in [1.29, 1.82) is 0 Å². The number of furan rings is 1. The molecular weight excluding hydrogens is 266 g/mol. The van der Waals surface area contributed by atoms with E-state index in [2.05, 4.69) is 15.3 Å². The second kappa shape index (κ2) is 5.83. The lowest BCUT2D eigenvalue weighted by atomic mass is 10.1. The van der Waals surface area contributed by atoms with Gasteiger partial charge in [-0.15, -0.1) is 0 Å². The van der Waals surface area contributed by atoms with E-state index in [9.17, 15) is 4.79 Å². The molecule has 108 valence electrons. The van der Waals surface area contributed by atoms with E-state index in [-0.39, 0.29) is 11.9 Å². The van der Waals surface area contributed by atoms with Crippen molar-refractivity contribution in [2.75, 3.05) is 0 Å². The summed E-state index contributed by atoms with van der Waals surface area (Å²) in [4.78, 5) is 19.4. The number of imidazole rings is 1. The molecule has 0 spiro atoms. The van der Waals surface area contributed by atoms with Crippen molar-refractivity contribution >= 4 is 16.9 Å². The number of aromatic amines is 1. The van der Waals surface area contributed by atoms with Gasteiger partial charge in [0.2, 0.25) is 0 Å². The molecule has 0 fully saturated rings. The first-order valence-corrected chi connectivity index (χ1v) is 6.99. The number of fused-ring (bicyclic) bond motifs is 1. The van der Waals surface area contributed by atoms with Crippen LogP contribution in [-0.4, -0.2) is 21.9 Å². The van der Waals surface area contributed by atoms with Crippen LogP contribution < -0.4 is 5.32 Å². The van der Waals surface area contributed by atoms with E-state index in [1.807, 2.05) is 31.2 Å². The van der Waals surface area contributed by atoms with E-state index < -0.39 is 0 Å². The van der Waals surface area contributed by atoms with Gasteiger partial charge in [-0.05, 0) is 43.7 Å². The van der Waals surface area contributed by atoms with Gasteiger partial charge in [-0.25, -0.2) is 4.98 Å². The van der Waals surface area contributed by atoms with Crippen LogP contribution in [0.3, 0.4) is 0 Å². The number of H-pyrrole nitrogens is 1. The van der Waals surface area contributed by atoms with Crippen LogP contribution in [0.2, 0.25) is 0 Å². The number of nitrogens with one attached hydrogen (secondary N) is 2. The summed E-state index contributed by atoms with van der Waals surface area (Å²) < 4.78 is 5.29. The highest BCUT2D eigenvalue weighted by Crippen LogP contribution is 2.12. The first-order valence-electron chi connectivity index (χ1n) is 6.99. The van der Waals surface area contributed by atoms with Crippen molar-refractivity contribution < 1.29 is 9.21 Å². The zero-order valence-corrected chi connectivity index (χ0v) is 11.8. The Balaban J connectivity index is 1.59. The number of benzene rings is 1. The number of amides is 1. The fraction of sp³-hybridized carbons (Fsp3) is 0.250. The topological polar surface area (TPSA) is 70.9 Å². The third kappa shape index (κ3) is 3.13. The number of aromatic nitrogens is 2. The molecule has 1 aromatic carbocycles. The van der Waals surface area contributed by atoms with Crippen molar-refractivity contribution in [2.24, 2.45) is 0 Å². The van der Waals surface area contributed by atoms with E-state index >= 15 is 0 Å². The zero-order valence-electron chi connectivity index (χ0n) is 11.8. The molecule has 1 amide bonds. The Labute approximate surface area is 122 Å². The third-order valence-electron chi connectivity index (χ3n) is 3.46. The molecule has 2 N–H and O–H groups in total. The summed E-state index contributed by atoms with van der Waals surface area (Å²) in [6.07, 6.45) is 4.94. The number of hydrogen-bond acceptors (Lipinski definition) is 3. The largest absolute Gasteiger partial charge is 0.469 e. The van der Waals surface area contributed by atoms with Crippen molar-refractivity contribution in [1.82, 2.24) is 15.3 Å². The SMILES string of the molecule is C[C@@H](CCc1ccco1)NC(=O)c1ccc2nc[nH]c2c1. The number of aryl methyl sites for hydroxylation is 1. The normalized spacial score (nSPS) is 12.4. The maximum atomic E-state index is 12.2. The predicted octanol–water partition coefficient (Wildman–Crippen LogP) is 2.91. The lowest BCUT2D eigenvalue weighted by molar-refractivity contribution is 0.0938. The molecule has 0 bridgehead atoms. The van der Waals surface area contributed by atoms with Crippen LogP contribution in [-0.2, 0) is 6.42 Å². The highest BCUT2D eigenvalue weighted by Gasteiger charge is 2.11. The average molecular weight is 283 g/mol. The second-order valence-corrected chi connectivity index (χ2v) is 5.13. The monoisotopic (exact) mass is 283 g/mol. The summed E-state index contributed by atoms with van der Waals surface area (Å²) in [5, 5.41) is 3.00. The molecule has 0 saturated carbocycles. The number of rotatable bonds is 5. The highest BCUT2D eigenvalue weighted by atomic mass is 16.3. The molecule has 0 unspecified atom stereocenters. The van der Waals surface area contributed by atoms with Crippen LogP contribution in [0.4, 0.5) is 0 Å². The van der Waals surface area contributed by atoms with Crippen LogP contribution in [0.5, 0.6) is 0 Å². The van der Waals surface area contributed by atoms with Gasteiger partial charge in [-0.2, -0.15) is 0 Å². The predicted molar refractivity (Wildman–Crippen MR) is 80.1 cm³/mol. The van der Waals surface area contributed by atoms with E-state index in [0.717, 1.165) is 29.6 Å². The van der Waals surface area contributed by atoms with Gasteiger partial charge in [0.25, 0.3) is 5.91 Å². The van der Waals surface area contributed by atoms with E-state index in [1.54, 1.807) is 18.7 Å². The number of nitrogens with zero attached hydrogens (tertiary/aromatic N) is 1. The lowest BCUT2D eigenvalue weighted by Crippen LogP contribution is -2.32. The summed E-state index contributed by atoms with van der Waals surface area (Å²) in [6.45, 7) is 2.00. The molecule has 0 saturated heterocycles. The van der Waals surface area contributed by atoms with E-state index in [0.29, 0.717) is 5.56 Å². The molecule has 3 aromatic rings. The van der Waals surface area contributed by atoms with Gasteiger partial charge in [-0.1, -0.05) is 0 Å². The van der Waals surface area contributed by atoms with Crippen LogP contribution >= 0.6 is 0 Å². The number of carbonyl (C=O) groups is 1.